The number of benzene rings is 2. The molecule has 0 atom stereocenters. The summed E-state index contributed by atoms with van der Waals surface area (Å²) in [5.74, 6) is -0.468. The van der Waals surface area contributed by atoms with Gasteiger partial charge in [-0.1, -0.05) is 6.07 Å². The van der Waals surface area contributed by atoms with E-state index in [1.54, 1.807) is 11.9 Å². The van der Waals surface area contributed by atoms with Gasteiger partial charge >= 0.3 is 0 Å². The van der Waals surface area contributed by atoms with Gasteiger partial charge in [0.15, 0.2) is 11.6 Å². The van der Waals surface area contributed by atoms with Crippen LogP contribution in [0.2, 0.25) is 0 Å². The molecule has 0 fully saturated rings. The van der Waals surface area contributed by atoms with Crippen molar-refractivity contribution < 1.29 is 23.0 Å². The highest BCUT2D eigenvalue weighted by molar-refractivity contribution is 5.77. The molecule has 2 aromatic carbocycles. The Morgan fingerprint density at radius 3 is 2.33 bits per heavy atom. The molecule has 2 rings (SSSR count). The monoisotopic (exact) mass is 378 g/mol. The maximum Gasteiger partial charge on any atom is 0.234 e. The molecule has 0 unspecified atom stereocenters. The number of hydrogen-bond acceptors (Lipinski definition) is 4. The second-order valence-corrected chi connectivity index (χ2v) is 6.02. The lowest BCUT2D eigenvalue weighted by atomic mass is 10.2. The summed E-state index contributed by atoms with van der Waals surface area (Å²) >= 11 is 0. The minimum Gasteiger partial charge on any atom is -0.494 e. The summed E-state index contributed by atoms with van der Waals surface area (Å²) in [6.07, 6.45) is 0. The highest BCUT2D eigenvalue weighted by Crippen LogP contribution is 2.17. The largest absolute Gasteiger partial charge is 0.494 e. The van der Waals surface area contributed by atoms with Crippen LogP contribution < -0.4 is 14.8 Å². The zero-order chi connectivity index (χ0) is 19.6. The van der Waals surface area contributed by atoms with E-state index in [0.29, 0.717) is 37.6 Å². The normalized spacial score (nSPS) is 10.7. The number of hydrogen-bond donors (Lipinski definition) is 1. The van der Waals surface area contributed by atoms with Gasteiger partial charge in [-0.15, -0.1) is 0 Å². The Kier molecular flexibility index (Phi) is 8.00. The van der Waals surface area contributed by atoms with Crippen LogP contribution in [-0.4, -0.2) is 44.2 Å². The summed E-state index contributed by atoms with van der Waals surface area (Å²) in [5.41, 5.74) is 0.600. The quantitative estimate of drug-likeness (QED) is 0.646. The van der Waals surface area contributed by atoms with E-state index in [2.05, 4.69) is 5.32 Å². The molecule has 1 N–H and O–H groups in total. The molecule has 5 nitrogen and oxygen atoms in total. The third-order valence-corrected chi connectivity index (χ3v) is 3.68. The molecular weight excluding hydrogens is 354 g/mol. The van der Waals surface area contributed by atoms with Crippen LogP contribution in [0.5, 0.6) is 11.5 Å². The van der Waals surface area contributed by atoms with Crippen LogP contribution in [0.4, 0.5) is 8.78 Å². The van der Waals surface area contributed by atoms with E-state index in [4.69, 9.17) is 9.47 Å². The molecular formula is C20H24F2N2O3. The van der Waals surface area contributed by atoms with E-state index < -0.39 is 11.6 Å². The Morgan fingerprint density at radius 2 is 1.70 bits per heavy atom. The summed E-state index contributed by atoms with van der Waals surface area (Å²) < 4.78 is 37.0. The molecule has 0 aliphatic carbocycles. The zero-order valence-corrected chi connectivity index (χ0v) is 15.5. The molecule has 0 aliphatic rings. The summed E-state index contributed by atoms with van der Waals surface area (Å²) in [7, 11) is 1.73. The number of amides is 1. The Hall–Kier alpha value is -2.67. The molecule has 0 saturated heterocycles. The van der Waals surface area contributed by atoms with Crippen molar-refractivity contribution in [2.75, 3.05) is 33.4 Å². The van der Waals surface area contributed by atoms with Crippen LogP contribution in [0.1, 0.15) is 12.5 Å². The standard InChI is InChI=1S/C20H24F2N2O3/c1-3-26-16-5-7-17(8-6-16)27-11-10-23-20(25)14-24(2)13-15-4-9-18(21)19(22)12-15/h4-9,12H,3,10-11,13-14H2,1-2H3,(H,23,25). The average Bonchev–Trinajstić information content (AvgIpc) is 2.63. The summed E-state index contributed by atoms with van der Waals surface area (Å²) in [4.78, 5) is 13.7. The van der Waals surface area contributed by atoms with Crippen molar-refractivity contribution >= 4 is 5.91 Å². The molecule has 27 heavy (non-hydrogen) atoms. The number of halogens is 2. The van der Waals surface area contributed by atoms with E-state index >= 15 is 0 Å². The fourth-order valence-corrected chi connectivity index (χ4v) is 2.46. The molecule has 0 heterocycles. The fourth-order valence-electron chi connectivity index (χ4n) is 2.46. The minimum atomic E-state index is -0.892. The smallest absolute Gasteiger partial charge is 0.234 e. The number of nitrogens with zero attached hydrogens (tertiary/aromatic N) is 1. The molecule has 0 spiro atoms. The molecule has 0 radical (unpaired) electrons. The molecule has 2 aromatic rings. The molecule has 0 aromatic heterocycles. The predicted molar refractivity (Wildman–Crippen MR) is 98.8 cm³/mol. The van der Waals surface area contributed by atoms with Gasteiger partial charge in [-0.05, 0) is 55.9 Å². The maximum absolute atomic E-state index is 13.2. The summed E-state index contributed by atoms with van der Waals surface area (Å²) in [5, 5.41) is 2.76. The Bertz CT molecular complexity index is 739. The third kappa shape index (κ3) is 7.22. The Morgan fingerprint density at radius 1 is 1.04 bits per heavy atom. The maximum atomic E-state index is 13.2. The van der Waals surface area contributed by atoms with E-state index in [1.807, 2.05) is 31.2 Å². The third-order valence-electron chi connectivity index (χ3n) is 3.68. The van der Waals surface area contributed by atoms with Crippen molar-refractivity contribution in [2.24, 2.45) is 0 Å². The van der Waals surface area contributed by atoms with Crippen LogP contribution >= 0.6 is 0 Å². The number of carbonyl (C=O) groups is 1. The van der Waals surface area contributed by atoms with Gasteiger partial charge in [0.2, 0.25) is 5.91 Å². The first-order valence-corrected chi connectivity index (χ1v) is 8.72. The van der Waals surface area contributed by atoms with Gasteiger partial charge in [0.25, 0.3) is 0 Å². The van der Waals surface area contributed by atoms with E-state index in [-0.39, 0.29) is 12.5 Å². The van der Waals surface area contributed by atoms with Gasteiger partial charge in [0, 0.05) is 6.54 Å². The molecule has 1 amide bonds. The first-order valence-electron chi connectivity index (χ1n) is 8.72. The van der Waals surface area contributed by atoms with Crippen LogP contribution in [0.3, 0.4) is 0 Å². The first kappa shape index (κ1) is 20.6. The number of nitrogens with one attached hydrogen (secondary N) is 1. The van der Waals surface area contributed by atoms with Gasteiger partial charge in [-0.2, -0.15) is 0 Å². The average molecular weight is 378 g/mol. The van der Waals surface area contributed by atoms with Gasteiger partial charge < -0.3 is 14.8 Å². The van der Waals surface area contributed by atoms with Crippen LogP contribution in [0.25, 0.3) is 0 Å². The lowest BCUT2D eigenvalue weighted by Crippen LogP contribution is -2.36. The zero-order valence-electron chi connectivity index (χ0n) is 15.5. The number of rotatable bonds is 10. The summed E-state index contributed by atoms with van der Waals surface area (Å²) in [6.45, 7) is 3.71. The van der Waals surface area contributed by atoms with Crippen LogP contribution in [0.15, 0.2) is 42.5 Å². The lowest BCUT2D eigenvalue weighted by molar-refractivity contribution is -0.122. The van der Waals surface area contributed by atoms with Crippen molar-refractivity contribution in [3.63, 3.8) is 0 Å². The molecule has 0 saturated carbocycles. The van der Waals surface area contributed by atoms with Crippen molar-refractivity contribution in [1.29, 1.82) is 0 Å². The van der Waals surface area contributed by atoms with Gasteiger partial charge in [0.1, 0.15) is 18.1 Å². The second kappa shape index (κ2) is 10.5. The van der Waals surface area contributed by atoms with Gasteiger partial charge in [0.05, 0.1) is 19.7 Å². The Balaban J connectivity index is 1.65. The van der Waals surface area contributed by atoms with Crippen molar-refractivity contribution in [1.82, 2.24) is 10.2 Å². The van der Waals surface area contributed by atoms with Crippen molar-refractivity contribution in [3.05, 3.63) is 59.7 Å². The van der Waals surface area contributed by atoms with Crippen LogP contribution in [0, 0.1) is 11.6 Å². The van der Waals surface area contributed by atoms with E-state index in [0.717, 1.165) is 17.9 Å². The molecule has 0 bridgehead atoms. The van der Waals surface area contributed by atoms with Gasteiger partial charge in [-0.3, -0.25) is 9.69 Å². The van der Waals surface area contributed by atoms with Crippen molar-refractivity contribution in [2.45, 2.75) is 13.5 Å². The van der Waals surface area contributed by atoms with Crippen molar-refractivity contribution in [3.8, 4) is 11.5 Å². The first-order chi connectivity index (χ1) is 13.0. The highest BCUT2D eigenvalue weighted by Gasteiger charge is 2.09. The molecule has 0 aliphatic heterocycles. The topological polar surface area (TPSA) is 50.8 Å². The van der Waals surface area contributed by atoms with E-state index in [9.17, 15) is 13.6 Å². The highest BCUT2D eigenvalue weighted by atomic mass is 19.2. The van der Waals surface area contributed by atoms with Crippen LogP contribution in [-0.2, 0) is 11.3 Å². The fraction of sp³-hybridized carbons (Fsp3) is 0.350. The second-order valence-electron chi connectivity index (χ2n) is 6.02. The predicted octanol–water partition coefficient (Wildman–Crippen LogP) is 2.99. The minimum absolute atomic E-state index is 0.141. The summed E-state index contributed by atoms with van der Waals surface area (Å²) in [6, 6.07) is 11.0. The molecule has 7 heteroatoms. The van der Waals surface area contributed by atoms with Gasteiger partial charge in [-0.25, -0.2) is 8.78 Å². The number of ether oxygens (including phenoxy) is 2. The lowest BCUT2D eigenvalue weighted by Gasteiger charge is -2.16. The van der Waals surface area contributed by atoms with E-state index in [1.165, 1.54) is 6.07 Å². The number of carbonyl (C=O) groups excluding carboxylic acids is 1. The SMILES string of the molecule is CCOc1ccc(OCCNC(=O)CN(C)Cc2ccc(F)c(F)c2)cc1. The Labute approximate surface area is 157 Å². The molecule has 146 valence electrons. The number of likely N-dealkylation sites (N-methyl/N-ethyl adjacent to an activating group) is 1.